The van der Waals surface area contributed by atoms with Crippen molar-refractivity contribution in [2.75, 3.05) is 5.32 Å². The third kappa shape index (κ3) is 3.70. The summed E-state index contributed by atoms with van der Waals surface area (Å²) in [5.41, 5.74) is 4.12. The number of amides is 1. The van der Waals surface area contributed by atoms with Gasteiger partial charge in [0.05, 0.1) is 17.8 Å². The van der Waals surface area contributed by atoms with E-state index in [2.05, 4.69) is 45.5 Å². The van der Waals surface area contributed by atoms with Crippen molar-refractivity contribution in [3.63, 3.8) is 0 Å². The normalized spacial score (nSPS) is 12.9. The molecule has 0 aliphatic carbocycles. The van der Waals surface area contributed by atoms with Crippen LogP contribution in [0, 0.1) is 0 Å². The van der Waals surface area contributed by atoms with Crippen LogP contribution in [0.1, 0.15) is 16.8 Å². The minimum Gasteiger partial charge on any atom is -0.310 e. The molecule has 29 heavy (non-hydrogen) atoms. The standard InChI is InChI=1S/C23H18BrN3OS/c24-18-7-9-19(10-8-18)27-23(20-13-29-14-21(20)26-27)25-22(28)12-15-5-6-16-3-1-2-4-17(16)11-15/h1-11H,12-14H2,(H,25,28). The molecule has 1 amide bonds. The van der Waals surface area contributed by atoms with Gasteiger partial charge in [0.1, 0.15) is 5.82 Å². The van der Waals surface area contributed by atoms with E-state index in [4.69, 9.17) is 5.10 Å². The van der Waals surface area contributed by atoms with Crippen molar-refractivity contribution in [3.05, 3.63) is 88.0 Å². The molecule has 4 nitrogen and oxygen atoms in total. The fourth-order valence-corrected chi connectivity index (χ4v) is 4.92. The van der Waals surface area contributed by atoms with Gasteiger partial charge in [0.2, 0.25) is 5.91 Å². The van der Waals surface area contributed by atoms with Crippen LogP contribution in [-0.2, 0) is 22.7 Å². The van der Waals surface area contributed by atoms with Crippen molar-refractivity contribution in [1.29, 1.82) is 0 Å². The van der Waals surface area contributed by atoms with Crippen molar-refractivity contribution >= 4 is 50.2 Å². The summed E-state index contributed by atoms with van der Waals surface area (Å²) in [4.78, 5) is 12.9. The van der Waals surface area contributed by atoms with Gasteiger partial charge in [-0.05, 0) is 40.6 Å². The monoisotopic (exact) mass is 463 g/mol. The van der Waals surface area contributed by atoms with E-state index in [0.717, 1.165) is 49.7 Å². The van der Waals surface area contributed by atoms with Crippen LogP contribution in [0.5, 0.6) is 0 Å². The Bertz CT molecular complexity index is 1220. The molecule has 0 atom stereocenters. The van der Waals surface area contributed by atoms with E-state index in [1.807, 2.05) is 58.9 Å². The third-order valence-corrected chi connectivity index (χ3v) is 6.56. The zero-order chi connectivity index (χ0) is 19.8. The van der Waals surface area contributed by atoms with Gasteiger partial charge in [-0.2, -0.15) is 16.9 Å². The first kappa shape index (κ1) is 18.5. The minimum atomic E-state index is -0.0294. The maximum atomic E-state index is 12.9. The van der Waals surface area contributed by atoms with E-state index < -0.39 is 0 Å². The van der Waals surface area contributed by atoms with E-state index in [0.29, 0.717) is 6.42 Å². The predicted octanol–water partition coefficient (Wildman–Crippen LogP) is 5.72. The van der Waals surface area contributed by atoms with Crippen LogP contribution in [0.3, 0.4) is 0 Å². The first-order valence-corrected chi connectivity index (χ1v) is 11.3. The number of carbonyl (C=O) groups excluding carboxylic acids is 1. The summed E-state index contributed by atoms with van der Waals surface area (Å²) >= 11 is 5.30. The molecule has 0 fully saturated rings. The average molecular weight is 464 g/mol. The molecule has 0 saturated heterocycles. The molecule has 1 N–H and O–H groups in total. The Morgan fingerprint density at radius 1 is 1.03 bits per heavy atom. The maximum absolute atomic E-state index is 12.9. The lowest BCUT2D eigenvalue weighted by Crippen LogP contribution is -2.18. The lowest BCUT2D eigenvalue weighted by atomic mass is 10.0. The topological polar surface area (TPSA) is 46.9 Å². The second-order valence-corrected chi connectivity index (χ2v) is 8.96. The zero-order valence-corrected chi connectivity index (χ0v) is 18.0. The summed E-state index contributed by atoms with van der Waals surface area (Å²) in [6.45, 7) is 0. The molecule has 144 valence electrons. The predicted molar refractivity (Wildman–Crippen MR) is 123 cm³/mol. The Balaban J connectivity index is 1.43. The molecule has 0 bridgehead atoms. The number of rotatable bonds is 4. The summed E-state index contributed by atoms with van der Waals surface area (Å²) in [6, 6.07) is 22.3. The van der Waals surface area contributed by atoms with Crippen molar-refractivity contribution in [3.8, 4) is 5.69 Å². The molecular formula is C23H18BrN3OS. The molecule has 4 aromatic rings. The Morgan fingerprint density at radius 2 is 1.83 bits per heavy atom. The van der Waals surface area contributed by atoms with Gasteiger partial charge in [-0.3, -0.25) is 4.79 Å². The number of fused-ring (bicyclic) bond motifs is 2. The molecule has 3 aromatic carbocycles. The molecule has 0 saturated carbocycles. The number of halogens is 1. The number of aromatic nitrogens is 2. The molecule has 2 heterocycles. The van der Waals surface area contributed by atoms with Crippen LogP contribution in [-0.4, -0.2) is 15.7 Å². The SMILES string of the molecule is O=C(Cc1ccc2ccccc2c1)Nc1c2c(nn1-c1ccc(Br)cc1)CSC2. The maximum Gasteiger partial charge on any atom is 0.229 e. The number of hydrogen-bond acceptors (Lipinski definition) is 3. The van der Waals surface area contributed by atoms with E-state index in [1.54, 1.807) is 0 Å². The van der Waals surface area contributed by atoms with E-state index >= 15 is 0 Å². The number of carbonyl (C=O) groups is 1. The molecule has 1 aromatic heterocycles. The summed E-state index contributed by atoms with van der Waals surface area (Å²) in [7, 11) is 0. The molecule has 0 unspecified atom stereocenters. The summed E-state index contributed by atoms with van der Waals surface area (Å²) in [5, 5.41) is 10.2. The zero-order valence-electron chi connectivity index (χ0n) is 15.6. The van der Waals surface area contributed by atoms with Gasteiger partial charge < -0.3 is 5.32 Å². The van der Waals surface area contributed by atoms with Crippen molar-refractivity contribution < 1.29 is 4.79 Å². The van der Waals surface area contributed by atoms with Gasteiger partial charge in [-0.15, -0.1) is 0 Å². The Labute approximate surface area is 181 Å². The molecule has 1 aliphatic heterocycles. The van der Waals surface area contributed by atoms with E-state index in [1.165, 1.54) is 5.39 Å². The molecule has 0 spiro atoms. The molecule has 0 radical (unpaired) electrons. The van der Waals surface area contributed by atoms with Gasteiger partial charge in [0.15, 0.2) is 0 Å². The number of nitrogens with zero attached hydrogens (tertiary/aromatic N) is 2. The molecule has 1 aliphatic rings. The van der Waals surface area contributed by atoms with Gasteiger partial charge >= 0.3 is 0 Å². The highest BCUT2D eigenvalue weighted by Crippen LogP contribution is 2.36. The third-order valence-electron chi connectivity index (χ3n) is 5.06. The highest BCUT2D eigenvalue weighted by molar-refractivity contribution is 9.10. The lowest BCUT2D eigenvalue weighted by Gasteiger charge is -2.11. The van der Waals surface area contributed by atoms with Gasteiger partial charge in [0, 0.05) is 21.5 Å². The average Bonchev–Trinajstić information content (AvgIpc) is 3.31. The minimum absolute atomic E-state index is 0.0294. The van der Waals surface area contributed by atoms with Crippen LogP contribution in [0.4, 0.5) is 5.82 Å². The molecule has 5 rings (SSSR count). The van der Waals surface area contributed by atoms with Crippen LogP contribution in [0.2, 0.25) is 0 Å². The first-order valence-electron chi connectivity index (χ1n) is 9.39. The van der Waals surface area contributed by atoms with Crippen LogP contribution in [0.15, 0.2) is 71.2 Å². The van der Waals surface area contributed by atoms with Crippen molar-refractivity contribution in [1.82, 2.24) is 9.78 Å². The molecular weight excluding hydrogens is 446 g/mol. The number of thioether (sulfide) groups is 1. The highest BCUT2D eigenvalue weighted by Gasteiger charge is 2.24. The van der Waals surface area contributed by atoms with Gasteiger partial charge in [-0.1, -0.05) is 58.4 Å². The second-order valence-electron chi connectivity index (χ2n) is 7.06. The Kier molecular flexibility index (Phi) is 4.89. The van der Waals surface area contributed by atoms with Gasteiger partial charge in [-0.25, -0.2) is 4.68 Å². The van der Waals surface area contributed by atoms with Crippen LogP contribution >= 0.6 is 27.7 Å². The smallest absolute Gasteiger partial charge is 0.229 e. The highest BCUT2D eigenvalue weighted by atomic mass is 79.9. The van der Waals surface area contributed by atoms with Gasteiger partial charge in [0.25, 0.3) is 0 Å². The lowest BCUT2D eigenvalue weighted by molar-refractivity contribution is -0.115. The van der Waals surface area contributed by atoms with Crippen molar-refractivity contribution in [2.45, 2.75) is 17.9 Å². The van der Waals surface area contributed by atoms with Crippen molar-refractivity contribution in [2.24, 2.45) is 0 Å². The Morgan fingerprint density at radius 3 is 2.66 bits per heavy atom. The largest absolute Gasteiger partial charge is 0.310 e. The fraction of sp³-hybridized carbons (Fsp3) is 0.130. The van der Waals surface area contributed by atoms with Crippen LogP contribution in [0.25, 0.3) is 16.5 Å². The van der Waals surface area contributed by atoms with E-state index in [9.17, 15) is 4.79 Å². The summed E-state index contributed by atoms with van der Waals surface area (Å²) in [5.74, 6) is 2.51. The van der Waals surface area contributed by atoms with E-state index in [-0.39, 0.29) is 5.91 Å². The first-order chi connectivity index (χ1) is 14.2. The number of nitrogens with one attached hydrogen (secondary N) is 1. The molecule has 6 heteroatoms. The summed E-state index contributed by atoms with van der Waals surface area (Å²) < 4.78 is 2.87. The number of anilines is 1. The Hall–Kier alpha value is -2.57. The summed E-state index contributed by atoms with van der Waals surface area (Å²) in [6.07, 6.45) is 0.332. The number of hydrogen-bond donors (Lipinski definition) is 1. The number of benzene rings is 3. The van der Waals surface area contributed by atoms with Crippen LogP contribution < -0.4 is 5.32 Å². The fourth-order valence-electron chi connectivity index (χ4n) is 3.62. The second kappa shape index (κ2) is 7.69. The quantitative estimate of drug-likeness (QED) is 0.421.